The number of aromatic nitrogens is 1. The van der Waals surface area contributed by atoms with E-state index in [1.54, 1.807) is 0 Å². The fourth-order valence-electron chi connectivity index (χ4n) is 2.95. The highest BCUT2D eigenvalue weighted by atomic mass is 16.6. The van der Waals surface area contributed by atoms with Crippen molar-refractivity contribution in [3.63, 3.8) is 0 Å². The third-order valence-corrected chi connectivity index (χ3v) is 3.97. The quantitative estimate of drug-likeness (QED) is 0.539. The van der Waals surface area contributed by atoms with Gasteiger partial charge in [-0.3, -0.25) is 4.79 Å². The van der Waals surface area contributed by atoms with Crippen LogP contribution in [0.25, 0.3) is 16.6 Å². The van der Waals surface area contributed by atoms with E-state index in [0.29, 0.717) is 11.4 Å². The summed E-state index contributed by atoms with van der Waals surface area (Å²) in [6.45, 7) is 0. The van der Waals surface area contributed by atoms with Gasteiger partial charge in [0.05, 0.1) is 12.6 Å². The summed E-state index contributed by atoms with van der Waals surface area (Å²) >= 11 is 0. The molecule has 1 unspecified atom stereocenters. The summed E-state index contributed by atoms with van der Waals surface area (Å²) in [5.41, 5.74) is 2.08. The standard InChI is InChI=1S/C18H13NO4/c1-22-18(21)17-15(20)14-16(23-17)12-9-5-6-10-13(12)19(14)11-7-3-2-4-8-11/h2-10,17H,1H3. The van der Waals surface area contributed by atoms with Crippen LogP contribution >= 0.6 is 0 Å². The summed E-state index contributed by atoms with van der Waals surface area (Å²) in [5, 5.41) is 0.797. The van der Waals surface area contributed by atoms with Crippen LogP contribution in [0, 0.1) is 0 Å². The van der Waals surface area contributed by atoms with Crippen molar-refractivity contribution in [2.24, 2.45) is 0 Å². The minimum atomic E-state index is -1.23. The number of fused-ring (bicyclic) bond motifs is 3. The van der Waals surface area contributed by atoms with Crippen LogP contribution < -0.4 is 4.74 Å². The molecule has 0 radical (unpaired) electrons. The molecule has 0 N–H and O–H groups in total. The van der Waals surface area contributed by atoms with Crippen molar-refractivity contribution in [1.82, 2.24) is 4.57 Å². The number of hydrogen-bond donors (Lipinski definition) is 0. The second kappa shape index (κ2) is 4.98. The summed E-state index contributed by atoms with van der Waals surface area (Å²) in [4.78, 5) is 24.5. The van der Waals surface area contributed by atoms with E-state index in [1.807, 2.05) is 59.2 Å². The summed E-state index contributed by atoms with van der Waals surface area (Å²) in [7, 11) is 1.24. The molecule has 1 aliphatic heterocycles. The number of ether oxygens (including phenoxy) is 2. The fourth-order valence-corrected chi connectivity index (χ4v) is 2.95. The Balaban J connectivity index is 2.01. The van der Waals surface area contributed by atoms with Gasteiger partial charge in [-0.15, -0.1) is 0 Å². The normalized spacial score (nSPS) is 16.2. The Labute approximate surface area is 132 Å². The second-order valence-corrected chi connectivity index (χ2v) is 5.25. The Kier molecular flexibility index (Phi) is 2.94. The predicted octanol–water partition coefficient (Wildman–Crippen LogP) is 2.75. The van der Waals surface area contributed by atoms with Gasteiger partial charge in [0.25, 0.3) is 6.10 Å². The van der Waals surface area contributed by atoms with Gasteiger partial charge in [0, 0.05) is 11.1 Å². The molecule has 0 bridgehead atoms. The zero-order chi connectivity index (χ0) is 16.0. The molecule has 4 rings (SSSR count). The molecule has 1 atom stereocenters. The largest absolute Gasteiger partial charge is 0.467 e. The molecule has 0 amide bonds. The zero-order valence-corrected chi connectivity index (χ0v) is 12.4. The third kappa shape index (κ3) is 1.86. The number of ketones is 1. The Morgan fingerprint density at radius 1 is 1.09 bits per heavy atom. The van der Waals surface area contributed by atoms with Crippen LogP contribution in [-0.2, 0) is 9.53 Å². The zero-order valence-electron chi connectivity index (χ0n) is 12.4. The van der Waals surface area contributed by atoms with Crippen LogP contribution in [0.15, 0.2) is 54.6 Å². The molecule has 1 aliphatic rings. The van der Waals surface area contributed by atoms with Crippen molar-refractivity contribution in [1.29, 1.82) is 0 Å². The lowest BCUT2D eigenvalue weighted by molar-refractivity contribution is -0.145. The number of carbonyl (C=O) groups is 2. The topological polar surface area (TPSA) is 57.5 Å². The highest BCUT2D eigenvalue weighted by Gasteiger charge is 2.43. The monoisotopic (exact) mass is 307 g/mol. The summed E-state index contributed by atoms with van der Waals surface area (Å²) in [6.07, 6.45) is -1.23. The summed E-state index contributed by atoms with van der Waals surface area (Å²) in [5.74, 6) is -0.633. The molecule has 3 aromatic rings. The van der Waals surface area contributed by atoms with E-state index in [1.165, 1.54) is 7.11 Å². The van der Waals surface area contributed by atoms with Gasteiger partial charge in [-0.1, -0.05) is 30.3 Å². The molecule has 0 saturated carbocycles. The van der Waals surface area contributed by atoms with E-state index < -0.39 is 12.1 Å². The molecule has 2 aromatic carbocycles. The second-order valence-electron chi connectivity index (χ2n) is 5.25. The molecular formula is C18H13NO4. The highest BCUT2D eigenvalue weighted by molar-refractivity contribution is 6.18. The molecule has 5 nitrogen and oxygen atoms in total. The number of rotatable bonds is 2. The number of carbonyl (C=O) groups excluding carboxylic acids is 2. The molecule has 5 heteroatoms. The molecule has 0 aliphatic carbocycles. The maximum Gasteiger partial charge on any atom is 0.355 e. The van der Waals surface area contributed by atoms with Crippen molar-refractivity contribution < 1.29 is 19.1 Å². The van der Waals surface area contributed by atoms with E-state index >= 15 is 0 Å². The van der Waals surface area contributed by atoms with Gasteiger partial charge in [-0.25, -0.2) is 4.79 Å². The Morgan fingerprint density at radius 2 is 1.78 bits per heavy atom. The first-order valence-corrected chi connectivity index (χ1v) is 7.20. The molecule has 0 fully saturated rings. The average molecular weight is 307 g/mol. The highest BCUT2D eigenvalue weighted by Crippen LogP contribution is 2.41. The number of para-hydroxylation sites is 2. The van der Waals surface area contributed by atoms with E-state index in [9.17, 15) is 9.59 Å². The van der Waals surface area contributed by atoms with Crippen molar-refractivity contribution >= 4 is 22.7 Å². The Morgan fingerprint density at radius 3 is 2.52 bits per heavy atom. The van der Waals surface area contributed by atoms with Gasteiger partial charge >= 0.3 is 5.97 Å². The van der Waals surface area contributed by atoms with Crippen LogP contribution in [0.2, 0.25) is 0 Å². The summed E-state index contributed by atoms with van der Waals surface area (Å²) < 4.78 is 12.1. The lowest BCUT2D eigenvalue weighted by Gasteiger charge is -2.10. The Bertz CT molecular complexity index is 927. The number of Topliss-reactive ketones (excluding diaryl/α,β-unsaturated/α-hetero) is 1. The first kappa shape index (κ1) is 13.6. The van der Waals surface area contributed by atoms with Gasteiger partial charge in [-0.2, -0.15) is 0 Å². The first-order chi connectivity index (χ1) is 11.2. The van der Waals surface area contributed by atoms with Crippen LogP contribution in [-0.4, -0.2) is 29.5 Å². The van der Waals surface area contributed by atoms with E-state index in [-0.39, 0.29) is 5.78 Å². The van der Waals surface area contributed by atoms with Crippen molar-refractivity contribution in [2.75, 3.05) is 7.11 Å². The molecular weight excluding hydrogens is 294 g/mol. The van der Waals surface area contributed by atoms with Crippen LogP contribution in [0.4, 0.5) is 0 Å². The summed E-state index contributed by atoms with van der Waals surface area (Å²) in [6, 6.07) is 17.1. The maximum atomic E-state index is 12.7. The van der Waals surface area contributed by atoms with Crippen molar-refractivity contribution in [3.8, 4) is 11.4 Å². The number of hydrogen-bond acceptors (Lipinski definition) is 4. The molecule has 23 heavy (non-hydrogen) atoms. The van der Waals surface area contributed by atoms with Gasteiger partial charge in [0.1, 0.15) is 5.69 Å². The maximum absolute atomic E-state index is 12.7. The third-order valence-electron chi connectivity index (χ3n) is 3.97. The van der Waals surface area contributed by atoms with E-state index in [0.717, 1.165) is 16.6 Å². The lowest BCUT2D eigenvalue weighted by atomic mass is 10.2. The minimum absolute atomic E-state index is 0.382. The van der Waals surface area contributed by atoms with Gasteiger partial charge in [0.15, 0.2) is 5.75 Å². The lowest BCUT2D eigenvalue weighted by Crippen LogP contribution is -2.32. The molecule has 2 heterocycles. The molecule has 1 aromatic heterocycles. The van der Waals surface area contributed by atoms with Crippen LogP contribution in [0.3, 0.4) is 0 Å². The molecule has 0 spiro atoms. The Hall–Kier alpha value is -3.08. The molecule has 0 saturated heterocycles. The fraction of sp³-hybridized carbons (Fsp3) is 0.111. The van der Waals surface area contributed by atoms with Crippen molar-refractivity contribution in [2.45, 2.75) is 6.10 Å². The number of benzene rings is 2. The number of esters is 1. The SMILES string of the molecule is COC(=O)C1Oc2c(n(-c3ccccc3)c3ccccc23)C1=O. The van der Waals surface area contributed by atoms with E-state index in [2.05, 4.69) is 4.74 Å². The molecule has 114 valence electrons. The van der Waals surface area contributed by atoms with Crippen LogP contribution in [0.1, 0.15) is 10.5 Å². The van der Waals surface area contributed by atoms with Gasteiger partial charge < -0.3 is 14.0 Å². The smallest absolute Gasteiger partial charge is 0.355 e. The number of methoxy groups -OCH3 is 1. The van der Waals surface area contributed by atoms with Crippen molar-refractivity contribution in [3.05, 3.63) is 60.3 Å². The average Bonchev–Trinajstić information content (AvgIpc) is 3.10. The predicted molar refractivity (Wildman–Crippen MR) is 84.0 cm³/mol. The van der Waals surface area contributed by atoms with E-state index in [4.69, 9.17) is 4.74 Å². The van der Waals surface area contributed by atoms with Gasteiger partial charge in [-0.05, 0) is 24.3 Å². The minimum Gasteiger partial charge on any atom is -0.467 e. The first-order valence-electron chi connectivity index (χ1n) is 7.20. The van der Waals surface area contributed by atoms with Crippen LogP contribution in [0.5, 0.6) is 5.75 Å². The van der Waals surface area contributed by atoms with Gasteiger partial charge in [0.2, 0.25) is 5.78 Å². The number of nitrogens with zero attached hydrogens (tertiary/aromatic N) is 1.